The Morgan fingerprint density at radius 3 is 1.64 bits per heavy atom. The molecule has 11 rings (SSSR count). The molecule has 0 spiro atoms. The Balaban J connectivity index is 1.24. The fourth-order valence-electron chi connectivity index (χ4n) is 7.59. The number of nitrogens with zero attached hydrogens (tertiary/aromatic N) is 4. The summed E-state index contributed by atoms with van der Waals surface area (Å²) >= 11 is 0. The first-order chi connectivity index (χ1) is 30.2. The highest BCUT2D eigenvalue weighted by molar-refractivity contribution is 6.12. The Morgan fingerprint density at radius 2 is 1.00 bits per heavy atom. The molecule has 0 unspecified atom stereocenters. The van der Waals surface area contributed by atoms with Gasteiger partial charge < -0.3 is 8.98 Å². The molecule has 0 N–H and O–H groups in total. The number of rotatable bonds is 6. The minimum Gasteiger partial charge on any atom is -0.455 e. The minimum atomic E-state index is -0.198. The van der Waals surface area contributed by atoms with Crippen LogP contribution >= 0.6 is 0 Å². The van der Waals surface area contributed by atoms with Crippen LogP contribution in [0.2, 0.25) is 0 Å². The molecule has 56 heavy (non-hydrogen) atoms. The van der Waals surface area contributed by atoms with Crippen LogP contribution in [0.3, 0.4) is 0 Å². The lowest BCUT2D eigenvalue weighted by Gasteiger charge is -2.16. The van der Waals surface area contributed by atoms with Crippen molar-refractivity contribution in [3.8, 4) is 62.1 Å². The molecule has 0 saturated carbocycles. The fraction of sp³-hybridized carbons (Fsp3) is 0. The van der Waals surface area contributed by atoms with Crippen LogP contribution in [0, 0.1) is 0 Å². The number of aromatic nitrogens is 4. The molecule has 0 bridgehead atoms. The Hall–Kier alpha value is -7.63. The number of para-hydroxylation sites is 3. The third kappa shape index (κ3) is 5.29. The molecule has 0 radical (unpaired) electrons. The largest absolute Gasteiger partial charge is 0.455 e. The fourth-order valence-corrected chi connectivity index (χ4v) is 7.59. The Morgan fingerprint density at radius 1 is 0.411 bits per heavy atom. The van der Waals surface area contributed by atoms with Crippen molar-refractivity contribution in [3.05, 3.63) is 194 Å². The SMILES string of the molecule is [2H]c1cc([2H])c2c(c1[2H])c1c([2H])c([2H])cc([2H])c1n2-c1cc(-c2cccc3c2oc2ccc(-c4ccccc4)cc23)ccc1-c1nc(-c2ccccc2)nc(-c2ccccc2)n1. The van der Waals surface area contributed by atoms with Crippen molar-refractivity contribution in [1.82, 2.24) is 19.5 Å². The molecule has 5 nitrogen and oxygen atoms in total. The van der Waals surface area contributed by atoms with Gasteiger partial charge in [0.05, 0.1) is 24.9 Å². The van der Waals surface area contributed by atoms with Gasteiger partial charge in [0.25, 0.3) is 0 Å². The van der Waals surface area contributed by atoms with Crippen LogP contribution in [-0.4, -0.2) is 19.5 Å². The zero-order valence-electron chi connectivity index (χ0n) is 35.7. The van der Waals surface area contributed by atoms with Crippen molar-refractivity contribution in [3.63, 3.8) is 0 Å². The molecule has 8 aromatic carbocycles. The number of fused-ring (bicyclic) bond motifs is 6. The summed E-state index contributed by atoms with van der Waals surface area (Å²) in [5.74, 6) is 1.19. The third-order valence-electron chi connectivity index (χ3n) is 10.2. The average Bonchev–Trinajstić information content (AvgIpc) is 3.88. The number of benzene rings is 8. The van der Waals surface area contributed by atoms with E-state index in [4.69, 9.17) is 24.9 Å². The lowest BCUT2D eigenvalue weighted by atomic mass is 9.98. The van der Waals surface area contributed by atoms with Gasteiger partial charge in [0, 0.05) is 43.8 Å². The van der Waals surface area contributed by atoms with Gasteiger partial charge in [-0.1, -0.05) is 158 Å². The summed E-state index contributed by atoms with van der Waals surface area (Å²) in [5, 5.41) is 2.21. The van der Waals surface area contributed by atoms with Gasteiger partial charge in [0.15, 0.2) is 17.5 Å². The quantitative estimate of drug-likeness (QED) is 0.171. The van der Waals surface area contributed by atoms with Crippen molar-refractivity contribution < 1.29 is 12.6 Å². The standard InChI is InChI=1S/C51H32N4O/c1-4-15-33(16-5-1)36-28-30-47-43(31-36)41-24-14-23-38(48(41)56-47)37-27-29-42(46(32-37)55-44-25-12-10-21-39(44)40-22-11-13-26-45(40)55)51-53-49(34-17-6-2-7-18-34)52-50(54-51)35-19-8-3-9-20-35/h1-32H/i10D,11D,21D,22D,25D,26D. The van der Waals surface area contributed by atoms with Gasteiger partial charge in [-0.2, -0.15) is 0 Å². The molecule has 0 aliphatic carbocycles. The number of furan rings is 1. The normalized spacial score (nSPS) is 13.1. The van der Waals surface area contributed by atoms with Gasteiger partial charge in [-0.15, -0.1) is 0 Å². The average molecular weight is 723 g/mol. The molecule has 3 aromatic heterocycles. The van der Waals surface area contributed by atoms with Crippen LogP contribution in [0.5, 0.6) is 0 Å². The van der Waals surface area contributed by atoms with E-state index in [1.807, 2.05) is 121 Å². The predicted octanol–water partition coefficient (Wildman–Crippen LogP) is 13.2. The maximum absolute atomic E-state index is 9.30. The second kappa shape index (κ2) is 13.0. The summed E-state index contributed by atoms with van der Waals surface area (Å²) in [4.78, 5) is 15.1. The monoisotopic (exact) mass is 722 g/mol. The molecule has 11 aromatic rings. The van der Waals surface area contributed by atoms with Crippen LogP contribution in [0.25, 0.3) is 106 Å². The van der Waals surface area contributed by atoms with E-state index in [0.29, 0.717) is 34.3 Å². The first-order valence-electron chi connectivity index (χ1n) is 21.3. The van der Waals surface area contributed by atoms with E-state index >= 15 is 0 Å². The Kier molecular flexibility index (Phi) is 6.10. The molecule has 0 aliphatic heterocycles. The molecular weight excluding hydrogens is 685 g/mol. The van der Waals surface area contributed by atoms with Gasteiger partial charge in [-0.3, -0.25) is 0 Å². The number of hydrogen-bond donors (Lipinski definition) is 0. The van der Waals surface area contributed by atoms with Crippen LogP contribution in [0.4, 0.5) is 0 Å². The second-order valence-electron chi connectivity index (χ2n) is 13.5. The van der Waals surface area contributed by atoms with Crippen molar-refractivity contribution in [2.45, 2.75) is 0 Å². The summed E-state index contributed by atoms with van der Waals surface area (Å²) < 4.78 is 62.4. The summed E-state index contributed by atoms with van der Waals surface area (Å²) in [6.45, 7) is 0. The molecule has 0 aliphatic rings. The van der Waals surface area contributed by atoms with Crippen LogP contribution < -0.4 is 0 Å². The highest BCUT2D eigenvalue weighted by atomic mass is 16.3. The van der Waals surface area contributed by atoms with E-state index in [0.717, 1.165) is 49.7 Å². The lowest BCUT2D eigenvalue weighted by Crippen LogP contribution is -2.04. The van der Waals surface area contributed by atoms with Gasteiger partial charge >= 0.3 is 0 Å². The summed E-state index contributed by atoms with van der Waals surface area (Å²) in [6, 6.07) is 49.2. The van der Waals surface area contributed by atoms with E-state index in [2.05, 4.69) is 24.3 Å². The summed E-state index contributed by atoms with van der Waals surface area (Å²) in [7, 11) is 0. The molecule has 0 fully saturated rings. The van der Waals surface area contributed by atoms with Crippen molar-refractivity contribution >= 4 is 43.7 Å². The van der Waals surface area contributed by atoms with Gasteiger partial charge in [0.2, 0.25) is 0 Å². The van der Waals surface area contributed by atoms with Crippen LogP contribution in [0.1, 0.15) is 8.22 Å². The topological polar surface area (TPSA) is 56.7 Å². The Labute approximate surface area is 331 Å². The summed E-state index contributed by atoms with van der Waals surface area (Å²) in [6.07, 6.45) is 0. The summed E-state index contributed by atoms with van der Waals surface area (Å²) in [5.41, 5.74) is 8.11. The van der Waals surface area contributed by atoms with Gasteiger partial charge in [-0.05, 0) is 53.0 Å². The molecule has 3 heterocycles. The van der Waals surface area contributed by atoms with Crippen LogP contribution in [0.15, 0.2) is 198 Å². The minimum absolute atomic E-state index is 0.0712. The van der Waals surface area contributed by atoms with E-state index in [1.165, 1.54) is 12.1 Å². The molecular formula is C51H32N4O. The molecule has 5 heteroatoms. The molecule has 0 amide bonds. The molecule has 262 valence electrons. The first-order valence-corrected chi connectivity index (χ1v) is 18.3. The van der Waals surface area contributed by atoms with Crippen molar-refractivity contribution in [2.75, 3.05) is 0 Å². The Bertz CT molecular complexity index is 3460. The predicted molar refractivity (Wildman–Crippen MR) is 229 cm³/mol. The van der Waals surface area contributed by atoms with Crippen molar-refractivity contribution in [1.29, 1.82) is 0 Å². The molecule has 0 atom stereocenters. The smallest absolute Gasteiger partial charge is 0.166 e. The second-order valence-corrected chi connectivity index (χ2v) is 13.5. The highest BCUT2D eigenvalue weighted by Gasteiger charge is 2.21. The highest BCUT2D eigenvalue weighted by Crippen LogP contribution is 2.41. The third-order valence-corrected chi connectivity index (χ3v) is 10.2. The van der Waals surface area contributed by atoms with E-state index in [-0.39, 0.29) is 58.1 Å². The van der Waals surface area contributed by atoms with Gasteiger partial charge in [-0.25, -0.2) is 15.0 Å². The van der Waals surface area contributed by atoms with E-state index < -0.39 is 0 Å². The zero-order chi connectivity index (χ0) is 42.2. The van der Waals surface area contributed by atoms with E-state index in [9.17, 15) is 2.74 Å². The van der Waals surface area contributed by atoms with Crippen LogP contribution in [-0.2, 0) is 0 Å². The maximum Gasteiger partial charge on any atom is 0.166 e. The number of hydrogen-bond acceptors (Lipinski definition) is 4. The lowest BCUT2D eigenvalue weighted by molar-refractivity contribution is 0.670. The first kappa shape index (κ1) is 26.2. The van der Waals surface area contributed by atoms with Gasteiger partial charge in [0.1, 0.15) is 11.2 Å². The maximum atomic E-state index is 9.30. The zero-order valence-corrected chi connectivity index (χ0v) is 29.7. The molecule has 0 saturated heterocycles. The van der Waals surface area contributed by atoms with E-state index in [1.54, 1.807) is 4.57 Å². The van der Waals surface area contributed by atoms with Crippen molar-refractivity contribution in [2.24, 2.45) is 0 Å².